The van der Waals surface area contributed by atoms with Crippen molar-refractivity contribution in [3.05, 3.63) is 47.8 Å². The molecule has 2 fully saturated rings. The number of rotatable bonds is 6. The van der Waals surface area contributed by atoms with Crippen LogP contribution in [0.15, 0.2) is 42.1 Å². The van der Waals surface area contributed by atoms with Gasteiger partial charge in [-0.3, -0.25) is 0 Å². The molecule has 44 heavy (non-hydrogen) atoms. The highest BCUT2D eigenvalue weighted by Gasteiger charge is 2.72. The summed E-state index contributed by atoms with van der Waals surface area (Å²) < 4.78 is 25.6. The molecule has 1 aliphatic heterocycles. The van der Waals surface area contributed by atoms with E-state index in [9.17, 15) is 15.0 Å². The molecule has 3 N–H and O–H groups in total. The first kappa shape index (κ1) is 33.6. The lowest BCUT2D eigenvalue weighted by Gasteiger charge is -2.62. The van der Waals surface area contributed by atoms with Crippen molar-refractivity contribution in [1.82, 2.24) is 4.98 Å². The highest BCUT2D eigenvalue weighted by Crippen LogP contribution is 2.67. The van der Waals surface area contributed by atoms with Crippen molar-refractivity contribution in [3.8, 4) is 0 Å². The maximum absolute atomic E-state index is 13.3. The number of nitrogens with one attached hydrogen (secondary N) is 1. The zero-order valence-electron chi connectivity index (χ0n) is 28.2. The van der Waals surface area contributed by atoms with Crippen LogP contribution in [-0.4, -0.2) is 79.3 Å². The van der Waals surface area contributed by atoms with Gasteiger partial charge in [-0.1, -0.05) is 52.8 Å². The lowest BCUT2D eigenvalue weighted by Crippen LogP contribution is -2.66. The summed E-state index contributed by atoms with van der Waals surface area (Å²) in [5.41, 5.74) is 0.181. The Hall–Kier alpha value is -1.75. The van der Waals surface area contributed by atoms with Gasteiger partial charge < -0.3 is 33.8 Å². The standard InChI is InChI=1S/C35H55NO7Si/c1-19-16-20(2)35(39)23(17-24(40-8)18-41-30(19)22(4)37)13-14-25-27-28(29(25)35)32(43-44(9,10)34(5,6)7)21(3)31(27)42-33(38)26-12-11-15-36-26/h11-16,19,21-25,27-32,36-37,39H,17-18H2,1-10H3/b20-16+/t19-,21+,22-,23-,24+,25+,27+,28?,29+,30+,31-,32-,35+/m1/s1. The van der Waals surface area contributed by atoms with Gasteiger partial charge in [0.15, 0.2) is 8.32 Å². The van der Waals surface area contributed by atoms with Crippen molar-refractivity contribution in [2.75, 3.05) is 13.7 Å². The van der Waals surface area contributed by atoms with Gasteiger partial charge in [0.1, 0.15) is 11.8 Å². The summed E-state index contributed by atoms with van der Waals surface area (Å²) in [7, 11) is -0.538. The van der Waals surface area contributed by atoms with Crippen LogP contribution >= 0.6 is 0 Å². The summed E-state index contributed by atoms with van der Waals surface area (Å²) in [5.74, 6) is -0.729. The average molecular weight is 630 g/mol. The van der Waals surface area contributed by atoms with Crippen molar-refractivity contribution in [2.24, 2.45) is 41.4 Å². The Morgan fingerprint density at radius 1 is 1.18 bits per heavy atom. The third kappa shape index (κ3) is 5.60. The fourth-order valence-electron chi connectivity index (χ4n) is 8.52. The summed E-state index contributed by atoms with van der Waals surface area (Å²) in [6.45, 7) is 19.6. The van der Waals surface area contributed by atoms with Gasteiger partial charge in [0.2, 0.25) is 0 Å². The van der Waals surface area contributed by atoms with E-state index in [1.54, 1.807) is 32.4 Å². The van der Waals surface area contributed by atoms with Crippen LogP contribution in [-0.2, 0) is 18.6 Å². The fourth-order valence-corrected chi connectivity index (χ4v) is 9.93. The predicted molar refractivity (Wildman–Crippen MR) is 173 cm³/mol. The maximum Gasteiger partial charge on any atom is 0.355 e. The first-order valence-corrected chi connectivity index (χ1v) is 19.4. The topological polar surface area (TPSA) is 110 Å². The van der Waals surface area contributed by atoms with Crippen LogP contribution in [0.3, 0.4) is 0 Å². The molecule has 2 heterocycles. The SMILES string of the molecule is CO[C@@H]1CO[C@H]([C@@H](C)O)[C@H](C)/C=C(\C)[C@]2(O)[C@H](C=C[C@H]3[C@H]4C([C@H]32)[C@H](O[Si](C)(C)C(C)(C)C)[C@@H](C)[C@H]4OC(=O)c2ccc[nH]2)C1. The Labute approximate surface area is 264 Å². The number of hydrogen-bond acceptors (Lipinski definition) is 7. The van der Waals surface area contributed by atoms with E-state index in [2.05, 4.69) is 64.0 Å². The van der Waals surface area contributed by atoms with E-state index in [0.29, 0.717) is 18.7 Å². The number of H-pyrrole nitrogens is 1. The number of aromatic amines is 1. The van der Waals surface area contributed by atoms with E-state index >= 15 is 0 Å². The zero-order chi connectivity index (χ0) is 32.4. The molecular weight excluding hydrogens is 574 g/mol. The number of hydrogen-bond donors (Lipinski definition) is 3. The predicted octanol–water partition coefficient (Wildman–Crippen LogP) is 5.74. The molecule has 1 aromatic rings. The number of carbonyl (C=O) groups excluding carboxylic acids is 1. The number of aromatic nitrogens is 1. The van der Waals surface area contributed by atoms with Crippen LogP contribution in [0, 0.1) is 41.4 Å². The molecule has 0 spiro atoms. The summed E-state index contributed by atoms with van der Waals surface area (Å²) in [4.78, 5) is 16.3. The van der Waals surface area contributed by atoms with Gasteiger partial charge >= 0.3 is 5.97 Å². The van der Waals surface area contributed by atoms with E-state index in [1.807, 2.05) is 13.8 Å². The first-order valence-electron chi connectivity index (χ1n) is 16.5. The molecule has 5 rings (SSSR count). The number of esters is 1. The first-order chi connectivity index (χ1) is 20.5. The van der Waals surface area contributed by atoms with E-state index in [1.165, 1.54) is 0 Å². The van der Waals surface area contributed by atoms with Gasteiger partial charge in [0, 0.05) is 42.9 Å². The second-order valence-corrected chi connectivity index (χ2v) is 20.3. The van der Waals surface area contributed by atoms with Crippen molar-refractivity contribution in [2.45, 2.75) is 109 Å². The Morgan fingerprint density at radius 2 is 1.89 bits per heavy atom. The third-order valence-corrected chi connectivity index (χ3v) is 16.4. The molecule has 0 aromatic carbocycles. The maximum atomic E-state index is 13.3. The van der Waals surface area contributed by atoms with Crippen LogP contribution < -0.4 is 0 Å². The minimum Gasteiger partial charge on any atom is -0.457 e. The number of fused-ring (bicyclic) bond motifs is 6. The molecule has 1 aromatic heterocycles. The monoisotopic (exact) mass is 629 g/mol. The lowest BCUT2D eigenvalue weighted by molar-refractivity contribution is -0.179. The molecule has 2 saturated carbocycles. The third-order valence-electron chi connectivity index (χ3n) is 11.9. The number of ether oxygens (including phenoxy) is 3. The van der Waals surface area contributed by atoms with Crippen molar-refractivity contribution < 1.29 is 33.6 Å². The number of methoxy groups -OCH3 is 1. The molecule has 246 valence electrons. The van der Waals surface area contributed by atoms with Crippen LogP contribution in [0.2, 0.25) is 18.1 Å². The average Bonchev–Trinajstić information content (AvgIpc) is 3.53. The highest BCUT2D eigenvalue weighted by atomic mass is 28.4. The fraction of sp³-hybridized carbons (Fsp3) is 0.743. The Morgan fingerprint density at radius 3 is 2.48 bits per heavy atom. The van der Waals surface area contributed by atoms with Gasteiger partial charge in [-0.25, -0.2) is 4.79 Å². The highest BCUT2D eigenvalue weighted by molar-refractivity contribution is 6.74. The Kier molecular flexibility index (Phi) is 9.26. The van der Waals surface area contributed by atoms with E-state index in [0.717, 1.165) is 5.57 Å². The summed E-state index contributed by atoms with van der Waals surface area (Å²) in [6.07, 6.45) is 7.03. The molecule has 0 bridgehead atoms. The quantitative estimate of drug-likeness (QED) is 0.209. The van der Waals surface area contributed by atoms with Gasteiger partial charge in [-0.15, -0.1) is 0 Å². The molecular formula is C35H55NO7Si. The lowest BCUT2D eigenvalue weighted by atomic mass is 9.46. The van der Waals surface area contributed by atoms with Crippen molar-refractivity contribution >= 4 is 14.3 Å². The molecule has 13 atom stereocenters. The number of carbonyl (C=O) groups is 1. The second-order valence-electron chi connectivity index (χ2n) is 15.6. The smallest absolute Gasteiger partial charge is 0.355 e. The minimum atomic E-state index is -2.22. The molecule has 0 radical (unpaired) electrons. The minimum absolute atomic E-state index is 0.000374. The molecule has 0 saturated heterocycles. The Bertz CT molecular complexity index is 1240. The van der Waals surface area contributed by atoms with Crippen molar-refractivity contribution in [1.29, 1.82) is 0 Å². The molecule has 4 aliphatic rings. The normalized spacial score (nSPS) is 42.6. The van der Waals surface area contributed by atoms with Crippen molar-refractivity contribution in [3.63, 3.8) is 0 Å². The zero-order valence-corrected chi connectivity index (χ0v) is 29.2. The number of allylic oxidation sites excluding steroid dienone is 1. The summed E-state index contributed by atoms with van der Waals surface area (Å²) in [6, 6.07) is 3.54. The number of aliphatic hydroxyl groups is 2. The summed E-state index contributed by atoms with van der Waals surface area (Å²) in [5, 5.41) is 23.7. The van der Waals surface area contributed by atoms with Crippen LogP contribution in [0.4, 0.5) is 0 Å². The van der Waals surface area contributed by atoms with Crippen LogP contribution in [0.1, 0.15) is 65.4 Å². The van der Waals surface area contributed by atoms with Gasteiger partial charge in [0.25, 0.3) is 0 Å². The van der Waals surface area contributed by atoms with Crippen LogP contribution in [0.5, 0.6) is 0 Å². The molecule has 1 unspecified atom stereocenters. The molecule has 9 heteroatoms. The van der Waals surface area contributed by atoms with E-state index in [4.69, 9.17) is 18.6 Å². The summed E-state index contributed by atoms with van der Waals surface area (Å²) >= 11 is 0. The van der Waals surface area contributed by atoms with Gasteiger partial charge in [-0.05, 0) is 67.9 Å². The van der Waals surface area contributed by atoms with E-state index in [-0.39, 0.29) is 70.7 Å². The van der Waals surface area contributed by atoms with Gasteiger partial charge in [0.05, 0.1) is 36.6 Å². The van der Waals surface area contributed by atoms with Gasteiger partial charge in [-0.2, -0.15) is 0 Å². The van der Waals surface area contributed by atoms with Crippen LogP contribution in [0.25, 0.3) is 0 Å². The van der Waals surface area contributed by atoms with E-state index < -0.39 is 26.1 Å². The molecule has 3 aliphatic carbocycles. The largest absolute Gasteiger partial charge is 0.457 e. The number of aliphatic hydroxyl groups excluding tert-OH is 1. The second kappa shape index (κ2) is 12.1. The molecule has 8 nitrogen and oxygen atoms in total. The molecule has 0 amide bonds. The Balaban J connectivity index is 1.58.